The molecule has 1 fully saturated rings. The summed E-state index contributed by atoms with van der Waals surface area (Å²) < 4.78 is 0. The summed E-state index contributed by atoms with van der Waals surface area (Å²) in [6.07, 6.45) is 9.73. The van der Waals surface area contributed by atoms with Crippen molar-refractivity contribution in [1.29, 1.82) is 0 Å². The lowest BCUT2D eigenvalue weighted by molar-refractivity contribution is 0.342. The molecule has 1 aliphatic rings. The average molecular weight is 316 g/mol. The van der Waals surface area contributed by atoms with E-state index in [1.54, 1.807) is 16.7 Å². The quantitative estimate of drug-likeness (QED) is 0.577. The Morgan fingerprint density at radius 1 is 0.957 bits per heavy atom. The first-order valence-electron chi connectivity index (χ1n) is 9.92. The molecule has 1 aromatic rings. The van der Waals surface area contributed by atoms with Gasteiger partial charge in [-0.25, -0.2) is 0 Å². The number of rotatable bonds is 8. The zero-order valence-electron chi connectivity index (χ0n) is 15.8. The van der Waals surface area contributed by atoms with Crippen LogP contribution in [0.1, 0.15) is 94.7 Å². The summed E-state index contributed by atoms with van der Waals surface area (Å²) in [5, 5.41) is 3.72. The third-order valence-corrected chi connectivity index (χ3v) is 5.43. The normalized spacial score (nSPS) is 16.4. The van der Waals surface area contributed by atoms with Crippen molar-refractivity contribution < 1.29 is 0 Å². The molecule has 0 aliphatic heterocycles. The van der Waals surface area contributed by atoms with E-state index < -0.39 is 0 Å². The predicted octanol–water partition coefficient (Wildman–Crippen LogP) is 6.04. The highest BCUT2D eigenvalue weighted by Crippen LogP contribution is 2.28. The topological polar surface area (TPSA) is 12.0 Å². The van der Waals surface area contributed by atoms with Crippen molar-refractivity contribution in [3.8, 4) is 0 Å². The van der Waals surface area contributed by atoms with Crippen molar-refractivity contribution >= 4 is 0 Å². The van der Waals surface area contributed by atoms with E-state index in [0.717, 1.165) is 5.92 Å². The minimum absolute atomic E-state index is 0.624. The van der Waals surface area contributed by atoms with Crippen LogP contribution in [0.15, 0.2) is 18.2 Å². The number of nitrogens with one attached hydrogen (secondary N) is 1. The van der Waals surface area contributed by atoms with Gasteiger partial charge in [-0.3, -0.25) is 0 Å². The number of hydrogen-bond acceptors (Lipinski definition) is 1. The zero-order valence-corrected chi connectivity index (χ0v) is 15.8. The van der Waals surface area contributed by atoms with Crippen LogP contribution in [-0.4, -0.2) is 13.1 Å². The van der Waals surface area contributed by atoms with E-state index >= 15 is 0 Å². The largest absolute Gasteiger partial charge is 0.316 e. The minimum atomic E-state index is 0.624. The first-order chi connectivity index (χ1) is 11.1. The van der Waals surface area contributed by atoms with Crippen molar-refractivity contribution in [2.24, 2.45) is 5.92 Å². The van der Waals surface area contributed by atoms with Gasteiger partial charge in [0, 0.05) is 0 Å². The fraction of sp³-hybridized carbons (Fsp3) is 0.727. The number of benzene rings is 1. The van der Waals surface area contributed by atoms with Gasteiger partial charge in [0.25, 0.3) is 0 Å². The van der Waals surface area contributed by atoms with E-state index in [1.807, 2.05) is 0 Å². The van der Waals surface area contributed by atoms with E-state index in [0.29, 0.717) is 11.8 Å². The van der Waals surface area contributed by atoms with Gasteiger partial charge < -0.3 is 5.32 Å². The fourth-order valence-electron chi connectivity index (χ4n) is 4.08. The molecule has 0 heterocycles. The summed E-state index contributed by atoms with van der Waals surface area (Å²) in [4.78, 5) is 0. The number of hydrogen-bond donors (Lipinski definition) is 1. The molecule has 0 aromatic heterocycles. The first kappa shape index (κ1) is 18.5. The van der Waals surface area contributed by atoms with Crippen LogP contribution in [-0.2, 0) is 6.42 Å². The standard InChI is InChI=1S/C22H37N/c1-17(2)20-12-8-13-21(18(3)4)22(20)14-9-15-23-16-19-10-6-5-7-11-19/h8,12-13,17-19,23H,5-7,9-11,14-16H2,1-4H3. The smallest absolute Gasteiger partial charge is 0.00205 e. The Morgan fingerprint density at radius 2 is 1.57 bits per heavy atom. The van der Waals surface area contributed by atoms with Crippen molar-refractivity contribution in [2.75, 3.05) is 13.1 Å². The van der Waals surface area contributed by atoms with Crippen LogP contribution in [0.4, 0.5) is 0 Å². The second kappa shape index (κ2) is 9.47. The third-order valence-electron chi connectivity index (χ3n) is 5.43. The molecule has 1 aromatic carbocycles. The molecule has 0 amide bonds. The molecule has 130 valence electrons. The molecule has 0 spiro atoms. The summed E-state index contributed by atoms with van der Waals surface area (Å²) >= 11 is 0. The van der Waals surface area contributed by atoms with Crippen LogP contribution < -0.4 is 5.32 Å². The van der Waals surface area contributed by atoms with E-state index in [-0.39, 0.29) is 0 Å². The SMILES string of the molecule is CC(C)c1cccc(C(C)C)c1CCCNCC1CCCCC1. The van der Waals surface area contributed by atoms with Gasteiger partial charge >= 0.3 is 0 Å². The van der Waals surface area contributed by atoms with Gasteiger partial charge in [0.1, 0.15) is 0 Å². The van der Waals surface area contributed by atoms with Crippen molar-refractivity contribution in [3.05, 3.63) is 34.9 Å². The molecule has 1 heteroatoms. The van der Waals surface area contributed by atoms with E-state index in [1.165, 1.54) is 58.0 Å². The molecule has 1 aliphatic carbocycles. The Bertz CT molecular complexity index is 429. The Hall–Kier alpha value is -0.820. The Kier molecular flexibility index (Phi) is 7.62. The maximum Gasteiger partial charge on any atom is -0.00205 e. The molecule has 0 radical (unpaired) electrons. The van der Waals surface area contributed by atoms with Gasteiger partial charge in [0.15, 0.2) is 0 Å². The third kappa shape index (κ3) is 5.64. The predicted molar refractivity (Wildman–Crippen MR) is 102 cm³/mol. The second-order valence-electron chi connectivity index (χ2n) is 8.04. The van der Waals surface area contributed by atoms with Gasteiger partial charge in [0.2, 0.25) is 0 Å². The van der Waals surface area contributed by atoms with E-state index in [2.05, 4.69) is 51.2 Å². The molecule has 2 rings (SSSR count). The molecule has 0 bridgehead atoms. The van der Waals surface area contributed by atoms with E-state index in [9.17, 15) is 0 Å². The van der Waals surface area contributed by atoms with Crippen LogP contribution >= 0.6 is 0 Å². The van der Waals surface area contributed by atoms with Crippen molar-refractivity contribution in [3.63, 3.8) is 0 Å². The highest BCUT2D eigenvalue weighted by atomic mass is 14.9. The van der Waals surface area contributed by atoms with Crippen LogP contribution in [0.2, 0.25) is 0 Å². The molecule has 1 nitrogen and oxygen atoms in total. The van der Waals surface area contributed by atoms with Crippen molar-refractivity contribution in [1.82, 2.24) is 5.32 Å². The first-order valence-corrected chi connectivity index (χ1v) is 9.92. The van der Waals surface area contributed by atoms with Crippen LogP contribution in [0.3, 0.4) is 0 Å². The summed E-state index contributed by atoms with van der Waals surface area (Å²) in [6.45, 7) is 11.7. The summed E-state index contributed by atoms with van der Waals surface area (Å²) in [7, 11) is 0. The van der Waals surface area contributed by atoms with Crippen LogP contribution in [0.5, 0.6) is 0 Å². The highest BCUT2D eigenvalue weighted by molar-refractivity contribution is 5.39. The fourth-order valence-corrected chi connectivity index (χ4v) is 4.08. The van der Waals surface area contributed by atoms with Crippen molar-refractivity contribution in [2.45, 2.75) is 84.5 Å². The maximum atomic E-state index is 3.72. The molecule has 1 saturated carbocycles. The molecule has 23 heavy (non-hydrogen) atoms. The molecule has 0 saturated heterocycles. The van der Waals surface area contributed by atoms with Crippen LogP contribution in [0, 0.1) is 5.92 Å². The Balaban J connectivity index is 1.84. The summed E-state index contributed by atoms with van der Waals surface area (Å²) in [5.74, 6) is 2.19. The van der Waals surface area contributed by atoms with E-state index in [4.69, 9.17) is 0 Å². The lowest BCUT2D eigenvalue weighted by atomic mass is 9.86. The van der Waals surface area contributed by atoms with Crippen LogP contribution in [0.25, 0.3) is 0 Å². The van der Waals surface area contributed by atoms with Gasteiger partial charge in [0.05, 0.1) is 0 Å². The highest BCUT2D eigenvalue weighted by Gasteiger charge is 2.14. The Morgan fingerprint density at radius 3 is 2.13 bits per heavy atom. The minimum Gasteiger partial charge on any atom is -0.316 e. The van der Waals surface area contributed by atoms with Gasteiger partial charge in [-0.05, 0) is 73.2 Å². The summed E-state index contributed by atoms with van der Waals surface area (Å²) in [6, 6.07) is 6.91. The summed E-state index contributed by atoms with van der Waals surface area (Å²) in [5.41, 5.74) is 4.74. The lowest BCUT2D eigenvalue weighted by Crippen LogP contribution is -2.25. The monoisotopic (exact) mass is 315 g/mol. The average Bonchev–Trinajstić information content (AvgIpc) is 2.55. The molecular weight excluding hydrogens is 278 g/mol. The molecular formula is C22H37N. The maximum absolute atomic E-state index is 3.72. The Labute approximate surface area is 144 Å². The van der Waals surface area contributed by atoms with Gasteiger partial charge in [-0.1, -0.05) is 65.2 Å². The van der Waals surface area contributed by atoms with Gasteiger partial charge in [-0.15, -0.1) is 0 Å². The second-order valence-corrected chi connectivity index (χ2v) is 8.04. The molecule has 0 unspecified atom stereocenters. The molecule has 0 atom stereocenters. The lowest BCUT2D eigenvalue weighted by Gasteiger charge is -2.22. The zero-order chi connectivity index (χ0) is 16.7. The molecule has 1 N–H and O–H groups in total. The van der Waals surface area contributed by atoms with Gasteiger partial charge in [-0.2, -0.15) is 0 Å².